The van der Waals surface area contributed by atoms with Gasteiger partial charge in [-0.25, -0.2) is 0 Å². The van der Waals surface area contributed by atoms with Crippen molar-refractivity contribution in [2.75, 3.05) is 5.32 Å². The standard InChI is InChI=1S/C18H19N3O/c1-13(16-6-4-3-5-7-16)20-14(2)18(22)21-17-10-8-15(12-19)9-11-17/h3-11,13-14,20H,1-2H3,(H,21,22)/p+1/t13-,14-/m1/s1. The summed E-state index contributed by atoms with van der Waals surface area (Å²) < 4.78 is 0. The van der Waals surface area contributed by atoms with Crippen LogP contribution in [-0.4, -0.2) is 11.9 Å². The maximum absolute atomic E-state index is 12.2. The molecule has 0 saturated carbocycles. The average molecular weight is 294 g/mol. The van der Waals surface area contributed by atoms with E-state index in [0.29, 0.717) is 11.3 Å². The van der Waals surface area contributed by atoms with Gasteiger partial charge in [0.2, 0.25) is 0 Å². The van der Waals surface area contributed by atoms with Crippen molar-refractivity contribution in [3.05, 3.63) is 65.7 Å². The zero-order valence-electron chi connectivity index (χ0n) is 12.8. The lowest BCUT2D eigenvalue weighted by molar-refractivity contribution is -0.709. The molecule has 0 radical (unpaired) electrons. The van der Waals surface area contributed by atoms with Gasteiger partial charge in [-0.2, -0.15) is 5.26 Å². The molecule has 112 valence electrons. The number of quaternary nitrogens is 1. The van der Waals surface area contributed by atoms with Crippen molar-refractivity contribution < 1.29 is 10.1 Å². The fraction of sp³-hybridized carbons (Fsp3) is 0.222. The summed E-state index contributed by atoms with van der Waals surface area (Å²) in [6.45, 7) is 3.97. The Labute approximate surface area is 130 Å². The maximum Gasteiger partial charge on any atom is 0.282 e. The summed E-state index contributed by atoms with van der Waals surface area (Å²) in [7, 11) is 0. The van der Waals surface area contributed by atoms with Gasteiger partial charge in [0.05, 0.1) is 11.6 Å². The highest BCUT2D eigenvalue weighted by molar-refractivity contribution is 5.93. The second kappa shape index (κ2) is 7.39. The van der Waals surface area contributed by atoms with Gasteiger partial charge in [0.15, 0.2) is 6.04 Å². The Kier molecular flexibility index (Phi) is 5.29. The number of hydrogen-bond donors (Lipinski definition) is 2. The third-order valence-electron chi connectivity index (χ3n) is 3.60. The van der Waals surface area contributed by atoms with Crippen LogP contribution in [0.5, 0.6) is 0 Å². The maximum atomic E-state index is 12.2. The minimum absolute atomic E-state index is 0.0486. The molecule has 0 aliphatic rings. The Morgan fingerprint density at radius 2 is 1.73 bits per heavy atom. The predicted octanol–water partition coefficient (Wildman–Crippen LogP) is 2.21. The van der Waals surface area contributed by atoms with E-state index >= 15 is 0 Å². The van der Waals surface area contributed by atoms with E-state index in [9.17, 15) is 4.79 Å². The molecule has 0 spiro atoms. The molecule has 4 nitrogen and oxygen atoms in total. The summed E-state index contributed by atoms with van der Waals surface area (Å²) in [5.74, 6) is -0.0486. The van der Waals surface area contributed by atoms with Crippen LogP contribution in [-0.2, 0) is 4.79 Å². The average Bonchev–Trinajstić information content (AvgIpc) is 2.56. The number of nitrogens with one attached hydrogen (secondary N) is 1. The van der Waals surface area contributed by atoms with Crippen LogP contribution in [0.15, 0.2) is 54.6 Å². The van der Waals surface area contributed by atoms with Crippen molar-refractivity contribution in [1.82, 2.24) is 0 Å². The molecular formula is C18H20N3O+. The zero-order valence-corrected chi connectivity index (χ0v) is 12.8. The van der Waals surface area contributed by atoms with Crippen LogP contribution in [0, 0.1) is 11.3 Å². The van der Waals surface area contributed by atoms with Gasteiger partial charge in [0.1, 0.15) is 6.04 Å². The van der Waals surface area contributed by atoms with E-state index in [-0.39, 0.29) is 18.0 Å². The number of nitriles is 1. The van der Waals surface area contributed by atoms with Crippen LogP contribution in [0.25, 0.3) is 0 Å². The predicted molar refractivity (Wildman–Crippen MR) is 86.0 cm³/mol. The summed E-state index contributed by atoms with van der Waals surface area (Å²) in [4.78, 5) is 12.2. The number of rotatable bonds is 5. The molecule has 3 N–H and O–H groups in total. The molecule has 0 heterocycles. The molecule has 4 heteroatoms. The molecule has 0 aliphatic carbocycles. The molecule has 0 saturated heterocycles. The lowest BCUT2D eigenvalue weighted by Gasteiger charge is -2.16. The van der Waals surface area contributed by atoms with Crippen molar-refractivity contribution in [2.24, 2.45) is 0 Å². The van der Waals surface area contributed by atoms with Gasteiger partial charge in [-0.1, -0.05) is 30.3 Å². The highest BCUT2D eigenvalue weighted by atomic mass is 16.2. The topological polar surface area (TPSA) is 69.5 Å². The van der Waals surface area contributed by atoms with E-state index in [1.165, 1.54) is 5.56 Å². The molecule has 0 aromatic heterocycles. The van der Waals surface area contributed by atoms with Gasteiger partial charge in [-0.15, -0.1) is 0 Å². The quantitative estimate of drug-likeness (QED) is 0.887. The van der Waals surface area contributed by atoms with Gasteiger partial charge in [0, 0.05) is 11.3 Å². The van der Waals surface area contributed by atoms with Crippen molar-refractivity contribution in [2.45, 2.75) is 25.9 Å². The van der Waals surface area contributed by atoms with E-state index in [4.69, 9.17) is 5.26 Å². The van der Waals surface area contributed by atoms with Crippen LogP contribution < -0.4 is 10.6 Å². The monoisotopic (exact) mass is 294 g/mol. The van der Waals surface area contributed by atoms with Gasteiger partial charge < -0.3 is 10.6 Å². The molecule has 0 fully saturated rings. The van der Waals surface area contributed by atoms with Crippen LogP contribution >= 0.6 is 0 Å². The van der Waals surface area contributed by atoms with Crippen molar-refractivity contribution >= 4 is 11.6 Å². The number of benzene rings is 2. The van der Waals surface area contributed by atoms with Crippen molar-refractivity contribution in [3.63, 3.8) is 0 Å². The van der Waals surface area contributed by atoms with Crippen LogP contribution in [0.3, 0.4) is 0 Å². The SMILES string of the molecule is C[C@@H]([NH2+][C@H](C)c1ccccc1)C(=O)Nc1ccc(C#N)cc1. The third kappa shape index (κ3) is 4.18. The first-order valence-electron chi connectivity index (χ1n) is 7.31. The summed E-state index contributed by atoms with van der Waals surface area (Å²) in [5, 5.41) is 13.7. The van der Waals surface area contributed by atoms with E-state index in [0.717, 1.165) is 0 Å². The van der Waals surface area contributed by atoms with E-state index in [2.05, 4.69) is 30.4 Å². The lowest BCUT2D eigenvalue weighted by Crippen LogP contribution is -2.91. The van der Waals surface area contributed by atoms with Crippen LogP contribution in [0.2, 0.25) is 0 Å². The zero-order chi connectivity index (χ0) is 15.9. The Morgan fingerprint density at radius 3 is 2.32 bits per heavy atom. The fourth-order valence-corrected chi connectivity index (χ4v) is 2.27. The number of carbonyl (C=O) groups is 1. The Morgan fingerprint density at radius 1 is 1.09 bits per heavy atom. The highest BCUT2D eigenvalue weighted by Crippen LogP contribution is 2.10. The minimum atomic E-state index is -0.203. The highest BCUT2D eigenvalue weighted by Gasteiger charge is 2.20. The number of nitrogens with two attached hydrogens (primary N) is 1. The minimum Gasteiger partial charge on any atom is -0.330 e. The molecule has 0 bridgehead atoms. The van der Waals surface area contributed by atoms with E-state index in [1.807, 2.05) is 30.4 Å². The normalized spacial score (nSPS) is 13.0. The fourth-order valence-electron chi connectivity index (χ4n) is 2.27. The van der Waals surface area contributed by atoms with Gasteiger partial charge in [0.25, 0.3) is 5.91 Å². The number of anilines is 1. The molecule has 2 aromatic carbocycles. The largest absolute Gasteiger partial charge is 0.330 e. The number of carbonyl (C=O) groups excluding carboxylic acids is 1. The second-order valence-corrected chi connectivity index (χ2v) is 5.36. The Balaban J connectivity index is 1.93. The summed E-state index contributed by atoms with van der Waals surface area (Å²) >= 11 is 0. The summed E-state index contributed by atoms with van der Waals surface area (Å²) in [6, 6.07) is 19.0. The first kappa shape index (κ1) is 15.7. The molecule has 1 amide bonds. The van der Waals surface area contributed by atoms with Crippen LogP contribution in [0.1, 0.15) is 31.0 Å². The lowest BCUT2D eigenvalue weighted by atomic mass is 10.1. The summed E-state index contributed by atoms with van der Waals surface area (Å²) in [6.07, 6.45) is 0. The molecule has 22 heavy (non-hydrogen) atoms. The van der Waals surface area contributed by atoms with Crippen molar-refractivity contribution in [3.8, 4) is 6.07 Å². The number of amides is 1. The number of nitrogens with zero attached hydrogens (tertiary/aromatic N) is 1. The number of hydrogen-bond acceptors (Lipinski definition) is 2. The Hall–Kier alpha value is -2.64. The molecule has 2 atom stereocenters. The van der Waals surface area contributed by atoms with Gasteiger partial charge in [-0.05, 0) is 38.1 Å². The third-order valence-corrected chi connectivity index (χ3v) is 3.60. The van der Waals surface area contributed by atoms with E-state index < -0.39 is 0 Å². The smallest absolute Gasteiger partial charge is 0.282 e. The van der Waals surface area contributed by atoms with Crippen LogP contribution in [0.4, 0.5) is 5.69 Å². The van der Waals surface area contributed by atoms with Gasteiger partial charge in [-0.3, -0.25) is 4.79 Å². The molecular weight excluding hydrogens is 274 g/mol. The molecule has 2 rings (SSSR count). The second-order valence-electron chi connectivity index (χ2n) is 5.36. The van der Waals surface area contributed by atoms with E-state index in [1.54, 1.807) is 24.3 Å². The molecule has 0 unspecified atom stereocenters. The molecule has 2 aromatic rings. The summed E-state index contributed by atoms with van der Waals surface area (Å²) in [5.41, 5.74) is 2.48. The van der Waals surface area contributed by atoms with Gasteiger partial charge >= 0.3 is 0 Å². The molecule has 0 aliphatic heterocycles. The Bertz CT molecular complexity index is 659. The first-order valence-corrected chi connectivity index (χ1v) is 7.31. The first-order chi connectivity index (χ1) is 10.6. The van der Waals surface area contributed by atoms with Crippen molar-refractivity contribution in [1.29, 1.82) is 5.26 Å².